The summed E-state index contributed by atoms with van der Waals surface area (Å²) >= 11 is 5.97. The molecule has 1 aromatic rings. The van der Waals surface area contributed by atoms with Crippen LogP contribution in [0.15, 0.2) is 18.5 Å². The lowest BCUT2D eigenvalue weighted by Gasteiger charge is -2.13. The van der Waals surface area contributed by atoms with Crippen LogP contribution in [-0.2, 0) is 6.42 Å². The van der Waals surface area contributed by atoms with Crippen molar-refractivity contribution in [3.63, 3.8) is 0 Å². The molecule has 1 heterocycles. The molecule has 1 atom stereocenters. The van der Waals surface area contributed by atoms with Crippen molar-refractivity contribution in [2.75, 3.05) is 0 Å². The molecule has 15 heavy (non-hydrogen) atoms. The fourth-order valence-electron chi connectivity index (χ4n) is 1.59. The second-order valence-corrected chi connectivity index (χ2v) is 4.70. The predicted molar refractivity (Wildman–Crippen MR) is 63.0 cm³/mol. The Morgan fingerprint density at radius 3 is 2.80 bits per heavy atom. The molecule has 2 nitrogen and oxygen atoms in total. The molecule has 0 amide bonds. The molecule has 1 rings (SSSR count). The van der Waals surface area contributed by atoms with E-state index in [1.54, 1.807) is 12.4 Å². The van der Waals surface area contributed by atoms with Crippen LogP contribution >= 0.6 is 11.6 Å². The third-order valence-corrected chi connectivity index (χ3v) is 2.69. The van der Waals surface area contributed by atoms with Crippen molar-refractivity contribution in [1.29, 1.82) is 0 Å². The summed E-state index contributed by atoms with van der Waals surface area (Å²) < 4.78 is 0. The summed E-state index contributed by atoms with van der Waals surface area (Å²) in [6.45, 7) is 4.23. The summed E-state index contributed by atoms with van der Waals surface area (Å²) in [7, 11) is 0. The summed E-state index contributed by atoms with van der Waals surface area (Å²) in [6, 6.07) is 1.91. The molecule has 0 radical (unpaired) electrons. The van der Waals surface area contributed by atoms with Crippen LogP contribution in [0.25, 0.3) is 0 Å². The maximum absolute atomic E-state index is 9.71. The fourth-order valence-corrected chi connectivity index (χ4v) is 1.80. The number of hydrogen-bond donors (Lipinski definition) is 1. The van der Waals surface area contributed by atoms with E-state index < -0.39 is 0 Å². The van der Waals surface area contributed by atoms with E-state index in [4.69, 9.17) is 11.6 Å². The second-order valence-electron chi connectivity index (χ2n) is 4.29. The largest absolute Gasteiger partial charge is 0.393 e. The summed E-state index contributed by atoms with van der Waals surface area (Å²) in [5.74, 6) is 0.535. The lowest BCUT2D eigenvalue weighted by molar-refractivity contribution is 0.140. The van der Waals surface area contributed by atoms with Gasteiger partial charge in [0.05, 0.1) is 11.1 Å². The molecule has 0 aliphatic rings. The summed E-state index contributed by atoms with van der Waals surface area (Å²) in [6.07, 6.45) is 5.58. The Balaban J connectivity index is 2.40. The minimum absolute atomic E-state index is 0.228. The van der Waals surface area contributed by atoms with Crippen molar-refractivity contribution in [3.05, 3.63) is 29.0 Å². The third-order valence-electron chi connectivity index (χ3n) is 2.35. The molecule has 3 heteroatoms. The molecule has 0 bridgehead atoms. The first-order valence-electron chi connectivity index (χ1n) is 5.36. The zero-order valence-electron chi connectivity index (χ0n) is 9.28. The number of aromatic nitrogens is 1. The molecule has 84 valence electrons. The molecule has 0 aliphatic carbocycles. The number of nitrogens with zero attached hydrogens (tertiary/aromatic N) is 1. The summed E-state index contributed by atoms with van der Waals surface area (Å²) in [5, 5.41) is 10.4. The zero-order valence-corrected chi connectivity index (χ0v) is 10.0. The molecule has 0 spiro atoms. The van der Waals surface area contributed by atoms with Gasteiger partial charge in [0.25, 0.3) is 0 Å². The van der Waals surface area contributed by atoms with Gasteiger partial charge in [0.1, 0.15) is 0 Å². The molecule has 1 aromatic heterocycles. The van der Waals surface area contributed by atoms with Gasteiger partial charge in [-0.25, -0.2) is 0 Å². The van der Waals surface area contributed by atoms with E-state index in [9.17, 15) is 5.11 Å². The Hall–Kier alpha value is -0.600. The first-order chi connectivity index (χ1) is 7.09. The standard InChI is InChI=1S/C12H18ClNO/c1-9(2)7-11(15)4-3-10-5-6-14-8-12(10)13/h5-6,8-9,11,15H,3-4,7H2,1-2H3. The van der Waals surface area contributed by atoms with E-state index in [1.165, 1.54) is 0 Å². The van der Waals surface area contributed by atoms with Gasteiger partial charge in [0.2, 0.25) is 0 Å². The molecule has 0 aromatic carbocycles. The van der Waals surface area contributed by atoms with Crippen LogP contribution < -0.4 is 0 Å². The lowest BCUT2D eigenvalue weighted by atomic mass is 10.0. The molecular formula is C12H18ClNO. The van der Waals surface area contributed by atoms with Crippen LogP contribution in [0.4, 0.5) is 0 Å². The lowest BCUT2D eigenvalue weighted by Crippen LogP contribution is -2.11. The Bertz CT molecular complexity index is 301. The van der Waals surface area contributed by atoms with Gasteiger partial charge in [-0.3, -0.25) is 4.98 Å². The van der Waals surface area contributed by atoms with E-state index in [2.05, 4.69) is 18.8 Å². The van der Waals surface area contributed by atoms with Crippen LogP contribution in [0.2, 0.25) is 5.02 Å². The summed E-state index contributed by atoms with van der Waals surface area (Å²) in [4.78, 5) is 3.93. The van der Waals surface area contributed by atoms with Crippen LogP contribution in [-0.4, -0.2) is 16.2 Å². The Kier molecular flexibility index (Phi) is 5.06. The highest BCUT2D eigenvalue weighted by atomic mass is 35.5. The number of aliphatic hydroxyl groups excluding tert-OH is 1. The Labute approximate surface area is 96.3 Å². The summed E-state index contributed by atoms with van der Waals surface area (Å²) in [5.41, 5.74) is 1.06. The average molecular weight is 228 g/mol. The molecule has 1 unspecified atom stereocenters. The Morgan fingerprint density at radius 1 is 1.47 bits per heavy atom. The number of hydrogen-bond acceptors (Lipinski definition) is 2. The molecule has 0 fully saturated rings. The van der Waals surface area contributed by atoms with Gasteiger partial charge in [0.15, 0.2) is 0 Å². The third kappa shape index (κ3) is 4.63. The number of aryl methyl sites for hydroxylation is 1. The van der Waals surface area contributed by atoms with Crippen molar-refractivity contribution in [3.8, 4) is 0 Å². The fraction of sp³-hybridized carbons (Fsp3) is 0.583. The SMILES string of the molecule is CC(C)CC(O)CCc1ccncc1Cl. The first-order valence-corrected chi connectivity index (χ1v) is 5.74. The van der Waals surface area contributed by atoms with Gasteiger partial charge in [-0.05, 0) is 36.8 Å². The van der Waals surface area contributed by atoms with E-state index >= 15 is 0 Å². The number of pyridine rings is 1. The van der Waals surface area contributed by atoms with Gasteiger partial charge >= 0.3 is 0 Å². The van der Waals surface area contributed by atoms with Gasteiger partial charge in [-0.1, -0.05) is 25.4 Å². The van der Waals surface area contributed by atoms with Crippen LogP contribution in [0.3, 0.4) is 0 Å². The van der Waals surface area contributed by atoms with Crippen LogP contribution in [0.5, 0.6) is 0 Å². The smallest absolute Gasteiger partial charge is 0.0621 e. The highest BCUT2D eigenvalue weighted by molar-refractivity contribution is 6.31. The van der Waals surface area contributed by atoms with Crippen molar-refractivity contribution < 1.29 is 5.11 Å². The normalized spacial score (nSPS) is 13.1. The van der Waals surface area contributed by atoms with Crippen LogP contribution in [0, 0.1) is 5.92 Å². The maximum atomic E-state index is 9.71. The molecule has 0 saturated carbocycles. The quantitative estimate of drug-likeness (QED) is 0.839. The van der Waals surface area contributed by atoms with E-state index in [0.29, 0.717) is 10.9 Å². The second kappa shape index (κ2) is 6.09. The predicted octanol–water partition coefficient (Wildman–Crippen LogP) is 3.07. The highest BCUT2D eigenvalue weighted by Gasteiger charge is 2.08. The van der Waals surface area contributed by atoms with Crippen LogP contribution in [0.1, 0.15) is 32.3 Å². The van der Waals surface area contributed by atoms with Crippen molar-refractivity contribution >= 4 is 11.6 Å². The number of rotatable bonds is 5. The van der Waals surface area contributed by atoms with Gasteiger partial charge in [-0.2, -0.15) is 0 Å². The Morgan fingerprint density at radius 2 is 2.20 bits per heavy atom. The minimum Gasteiger partial charge on any atom is -0.393 e. The van der Waals surface area contributed by atoms with Crippen molar-refractivity contribution in [2.24, 2.45) is 5.92 Å². The van der Waals surface area contributed by atoms with E-state index in [-0.39, 0.29) is 6.10 Å². The molecule has 0 saturated heterocycles. The first kappa shape index (κ1) is 12.5. The average Bonchev–Trinajstić information content (AvgIpc) is 2.15. The number of aliphatic hydroxyl groups is 1. The molecular weight excluding hydrogens is 210 g/mol. The minimum atomic E-state index is -0.228. The van der Waals surface area contributed by atoms with Gasteiger partial charge in [-0.15, -0.1) is 0 Å². The van der Waals surface area contributed by atoms with Crippen molar-refractivity contribution in [2.45, 2.75) is 39.2 Å². The van der Waals surface area contributed by atoms with Gasteiger partial charge in [0, 0.05) is 12.4 Å². The topological polar surface area (TPSA) is 33.1 Å². The zero-order chi connectivity index (χ0) is 11.3. The number of halogens is 1. The van der Waals surface area contributed by atoms with E-state index in [1.807, 2.05) is 6.07 Å². The van der Waals surface area contributed by atoms with Crippen molar-refractivity contribution in [1.82, 2.24) is 4.98 Å². The maximum Gasteiger partial charge on any atom is 0.0621 e. The van der Waals surface area contributed by atoms with Gasteiger partial charge < -0.3 is 5.11 Å². The van der Waals surface area contributed by atoms with E-state index in [0.717, 1.165) is 24.8 Å². The molecule has 1 N–H and O–H groups in total. The molecule has 0 aliphatic heterocycles. The highest BCUT2D eigenvalue weighted by Crippen LogP contribution is 2.17. The monoisotopic (exact) mass is 227 g/mol.